The number of aromatic hydroxyl groups is 1. The summed E-state index contributed by atoms with van der Waals surface area (Å²) in [5.74, 6) is -7.37. The van der Waals surface area contributed by atoms with E-state index < -0.39 is 58.0 Å². The minimum Gasteiger partial charge on any atom is -0.508 e. The van der Waals surface area contributed by atoms with Gasteiger partial charge in [0.15, 0.2) is 11.4 Å². The van der Waals surface area contributed by atoms with Crippen LogP contribution in [-0.2, 0) is 38.6 Å². The molecule has 0 radical (unpaired) electrons. The van der Waals surface area contributed by atoms with Gasteiger partial charge in [-0.1, -0.05) is 29.8 Å². The molecule has 12 nitrogen and oxygen atoms in total. The van der Waals surface area contributed by atoms with Gasteiger partial charge in [-0.05, 0) is 57.0 Å². The zero-order valence-corrected chi connectivity index (χ0v) is 25.8. The van der Waals surface area contributed by atoms with E-state index in [2.05, 4.69) is 5.32 Å². The molecule has 2 aromatic rings. The number of aryl methyl sites for hydroxylation is 1. The minimum absolute atomic E-state index is 0.00376. The molecule has 0 aliphatic heterocycles. The van der Waals surface area contributed by atoms with E-state index in [9.17, 15) is 39.6 Å². The number of nitrogens with zero attached hydrogens (tertiary/aromatic N) is 2. The number of fused-ring (bicyclic) bond motifs is 3. The van der Waals surface area contributed by atoms with Gasteiger partial charge in [0, 0.05) is 43.4 Å². The van der Waals surface area contributed by atoms with Crippen LogP contribution in [0.5, 0.6) is 5.75 Å². The van der Waals surface area contributed by atoms with Crippen LogP contribution in [0.3, 0.4) is 0 Å². The van der Waals surface area contributed by atoms with Crippen LogP contribution in [0.15, 0.2) is 47.2 Å². The number of primary amides is 1. The molecule has 3 aliphatic rings. The number of nitrogens with one attached hydrogen (secondary N) is 1. The second-order valence-electron chi connectivity index (χ2n) is 12.6. The number of aliphatic hydroxyl groups excluding tert-OH is 2. The number of hydrogen-bond acceptors (Lipinski definition) is 10. The average Bonchev–Trinajstić information content (AvgIpc) is 2.95. The highest BCUT2D eigenvalue weighted by atomic mass is 16.3. The maximum atomic E-state index is 14.1. The number of aliphatic hydroxyl groups is 3. The van der Waals surface area contributed by atoms with Gasteiger partial charge in [0.05, 0.1) is 18.0 Å². The van der Waals surface area contributed by atoms with Crippen molar-refractivity contribution < 1.29 is 39.6 Å². The minimum atomic E-state index is -2.72. The number of carbonyl (C=O) groups excluding carboxylic acids is 4. The van der Waals surface area contributed by atoms with Gasteiger partial charge < -0.3 is 36.4 Å². The number of benzene rings is 2. The summed E-state index contributed by atoms with van der Waals surface area (Å²) in [4.78, 5) is 55.6. The molecule has 12 heteroatoms. The van der Waals surface area contributed by atoms with Crippen LogP contribution in [0.4, 0.5) is 5.69 Å². The molecular weight excluding hydrogens is 580 g/mol. The van der Waals surface area contributed by atoms with Gasteiger partial charge in [-0.3, -0.25) is 24.1 Å². The summed E-state index contributed by atoms with van der Waals surface area (Å²) >= 11 is 0. The van der Waals surface area contributed by atoms with Crippen molar-refractivity contribution in [1.29, 1.82) is 0 Å². The molecule has 0 saturated heterocycles. The number of rotatable bonds is 7. The van der Waals surface area contributed by atoms with E-state index in [1.165, 1.54) is 4.90 Å². The normalized spacial score (nSPS) is 24.3. The number of phenolic OH excluding ortho intramolecular Hbond substituents is 1. The predicted molar refractivity (Wildman–Crippen MR) is 165 cm³/mol. The molecule has 0 unspecified atom stereocenters. The summed E-state index contributed by atoms with van der Waals surface area (Å²) in [7, 11) is 6.67. The van der Waals surface area contributed by atoms with E-state index in [-0.39, 0.29) is 54.2 Å². The summed E-state index contributed by atoms with van der Waals surface area (Å²) < 4.78 is 0. The third-order valence-corrected chi connectivity index (χ3v) is 9.22. The Morgan fingerprint density at radius 3 is 2.29 bits per heavy atom. The van der Waals surface area contributed by atoms with E-state index in [0.717, 1.165) is 11.1 Å². The molecule has 3 aliphatic carbocycles. The van der Waals surface area contributed by atoms with Gasteiger partial charge in [-0.25, -0.2) is 0 Å². The zero-order valence-electron chi connectivity index (χ0n) is 25.8. The molecule has 0 aromatic heterocycles. The van der Waals surface area contributed by atoms with Crippen LogP contribution in [0.2, 0.25) is 0 Å². The average molecular weight is 619 g/mol. The Kier molecular flexibility index (Phi) is 8.01. The van der Waals surface area contributed by atoms with Gasteiger partial charge >= 0.3 is 0 Å². The largest absolute Gasteiger partial charge is 0.508 e. The summed E-state index contributed by atoms with van der Waals surface area (Å²) in [6.07, 6.45) is 0.282. The Balaban J connectivity index is 1.57. The molecule has 0 heterocycles. The quantitative estimate of drug-likeness (QED) is 0.246. The smallest absolute Gasteiger partial charge is 0.255 e. The second-order valence-corrected chi connectivity index (χ2v) is 12.6. The van der Waals surface area contributed by atoms with Crippen molar-refractivity contribution in [3.63, 3.8) is 0 Å². The molecule has 45 heavy (non-hydrogen) atoms. The fourth-order valence-electron chi connectivity index (χ4n) is 7.03. The monoisotopic (exact) mass is 618 g/mol. The molecule has 2 aromatic carbocycles. The summed E-state index contributed by atoms with van der Waals surface area (Å²) in [5, 5.41) is 48.7. The highest BCUT2D eigenvalue weighted by Gasteiger charge is 2.64. The first-order chi connectivity index (χ1) is 21.1. The Morgan fingerprint density at radius 2 is 1.71 bits per heavy atom. The van der Waals surface area contributed by atoms with Crippen molar-refractivity contribution in [2.75, 3.05) is 33.1 Å². The number of Topliss-reactive ketones (excluding diaryl/α,β-unsaturated/α-hetero) is 2. The topological polar surface area (TPSA) is 194 Å². The first kappa shape index (κ1) is 31.7. The standard InChI is InChI=1S/C33H38N4O8/c1-15-6-8-16(9-7-15)10-22(38)35-14-18-13-21(36(2)3)19-11-17-12-20-26(37(4)5)29(41)25(32(34)44)31(43)33(20,45)30(42)23(17)28(40)24(19)27(18)39/h6-9,13,17,20,26,39-40,43,45H,10-12,14H2,1-5H3,(H2,34,44)(H,35,38)/t17-,20+,26-,33-/m0/s1. The molecule has 7 N–H and O–H groups in total. The van der Waals surface area contributed by atoms with Crippen molar-refractivity contribution in [2.45, 2.75) is 44.4 Å². The molecule has 4 atom stereocenters. The van der Waals surface area contributed by atoms with Crippen LogP contribution in [0.1, 0.15) is 34.2 Å². The Labute approximate surface area is 260 Å². The lowest BCUT2D eigenvalue weighted by molar-refractivity contribution is -0.153. The number of phenols is 1. The Hall–Kier alpha value is -4.68. The summed E-state index contributed by atoms with van der Waals surface area (Å²) in [6.45, 7) is 1.88. The number of nitrogens with two attached hydrogens (primary N) is 1. The summed E-state index contributed by atoms with van der Waals surface area (Å²) in [5.41, 5.74) is 4.90. The van der Waals surface area contributed by atoms with Crippen LogP contribution in [0.25, 0.3) is 5.76 Å². The molecule has 2 amide bonds. The third-order valence-electron chi connectivity index (χ3n) is 9.22. The fraction of sp³-hybridized carbons (Fsp3) is 0.394. The molecule has 1 fully saturated rings. The van der Waals surface area contributed by atoms with Gasteiger partial charge in [-0.2, -0.15) is 0 Å². The van der Waals surface area contributed by atoms with Crippen LogP contribution in [0, 0.1) is 18.8 Å². The molecule has 5 rings (SSSR count). The van der Waals surface area contributed by atoms with E-state index in [1.54, 1.807) is 39.2 Å². The van der Waals surface area contributed by atoms with Crippen molar-refractivity contribution in [3.05, 3.63) is 75.1 Å². The number of anilines is 1. The van der Waals surface area contributed by atoms with Crippen LogP contribution < -0.4 is 16.0 Å². The first-order valence-corrected chi connectivity index (χ1v) is 14.6. The molecule has 0 spiro atoms. The Morgan fingerprint density at radius 1 is 1.07 bits per heavy atom. The SMILES string of the molecule is Cc1ccc(CC(=O)NCc2cc(N(C)C)c3c(c2O)C(O)=C2C(=O)[C@]4(O)C(O)=C(C(N)=O)C(=O)[C@@H](N(C)C)[C@H]4C[C@@H]2C3)cc1. The first-order valence-electron chi connectivity index (χ1n) is 14.6. The highest BCUT2D eigenvalue weighted by molar-refractivity contribution is 6.24. The van der Waals surface area contributed by atoms with Crippen molar-refractivity contribution >= 4 is 34.8 Å². The zero-order chi connectivity index (χ0) is 33.1. The van der Waals surface area contributed by atoms with Crippen molar-refractivity contribution in [2.24, 2.45) is 17.6 Å². The summed E-state index contributed by atoms with van der Waals surface area (Å²) in [6, 6.07) is 8.09. The van der Waals surface area contributed by atoms with Gasteiger partial charge in [-0.15, -0.1) is 0 Å². The van der Waals surface area contributed by atoms with E-state index >= 15 is 0 Å². The van der Waals surface area contributed by atoms with Crippen LogP contribution in [-0.4, -0.2) is 88.5 Å². The van der Waals surface area contributed by atoms with E-state index in [0.29, 0.717) is 11.3 Å². The number of likely N-dealkylation sites (N-methyl/N-ethyl adjacent to an activating group) is 1. The van der Waals surface area contributed by atoms with Crippen molar-refractivity contribution in [3.8, 4) is 5.75 Å². The number of ketones is 2. The molecule has 0 bridgehead atoms. The van der Waals surface area contributed by atoms with Gasteiger partial charge in [0.1, 0.15) is 22.8 Å². The number of hydrogen-bond donors (Lipinski definition) is 6. The Bertz CT molecular complexity index is 1690. The maximum Gasteiger partial charge on any atom is 0.255 e. The highest BCUT2D eigenvalue weighted by Crippen LogP contribution is 2.54. The number of carbonyl (C=O) groups is 4. The second kappa shape index (κ2) is 11.4. The lowest BCUT2D eigenvalue weighted by Gasteiger charge is -2.50. The fourth-order valence-corrected chi connectivity index (χ4v) is 7.03. The number of amides is 2. The molecule has 1 saturated carbocycles. The molecular formula is C33H38N4O8. The van der Waals surface area contributed by atoms with E-state index in [4.69, 9.17) is 5.73 Å². The lowest BCUT2D eigenvalue weighted by atomic mass is 9.57. The van der Waals surface area contributed by atoms with E-state index in [1.807, 2.05) is 31.2 Å². The van der Waals surface area contributed by atoms with Gasteiger partial charge in [0.25, 0.3) is 5.91 Å². The van der Waals surface area contributed by atoms with Gasteiger partial charge in [0.2, 0.25) is 11.7 Å². The van der Waals surface area contributed by atoms with Crippen molar-refractivity contribution in [1.82, 2.24) is 10.2 Å². The lowest BCUT2D eigenvalue weighted by Crippen LogP contribution is -2.65. The van der Waals surface area contributed by atoms with Crippen LogP contribution >= 0.6 is 0 Å². The third kappa shape index (κ3) is 5.03. The molecule has 238 valence electrons. The predicted octanol–water partition coefficient (Wildman–Crippen LogP) is 1.20. The maximum absolute atomic E-state index is 14.1.